The summed E-state index contributed by atoms with van der Waals surface area (Å²) in [5.41, 5.74) is -0.548. The molecule has 1 aromatic heterocycles. The van der Waals surface area contributed by atoms with E-state index in [0.29, 0.717) is 5.56 Å². The van der Waals surface area contributed by atoms with Crippen LogP contribution in [-0.4, -0.2) is 0 Å². The predicted molar refractivity (Wildman–Crippen MR) is 39.9 cm³/mol. The van der Waals surface area contributed by atoms with Crippen molar-refractivity contribution in [1.29, 1.82) is 0 Å². The molecule has 0 aromatic carbocycles. The zero-order chi connectivity index (χ0) is 10.2. The molecule has 72 valence electrons. The van der Waals surface area contributed by atoms with Crippen molar-refractivity contribution in [2.24, 2.45) is 0 Å². The molecule has 0 N–H and O–H groups in total. The molecule has 13 heavy (non-hydrogen) atoms. The molecule has 1 rings (SSSR count). The summed E-state index contributed by atoms with van der Waals surface area (Å²) in [7, 11) is 0. The Labute approximate surface area is 73.2 Å². The quantitative estimate of drug-likeness (QED) is 0.455. The fourth-order valence-corrected chi connectivity index (χ4v) is 0.943. The zero-order valence-corrected chi connectivity index (χ0v) is 7.14. The summed E-state index contributed by atoms with van der Waals surface area (Å²) >= 11 is 0. The summed E-state index contributed by atoms with van der Waals surface area (Å²) in [6.45, 7) is 2.95. The molecule has 0 atom stereocenters. The first-order chi connectivity index (χ1) is 5.84. The van der Waals surface area contributed by atoms with Crippen LogP contribution in [0.2, 0.25) is 0 Å². The van der Waals surface area contributed by atoms with Gasteiger partial charge in [0.05, 0.1) is 0 Å². The lowest BCUT2D eigenvalue weighted by Gasteiger charge is -2.10. The first kappa shape index (κ1) is 9.83. The SMILES string of the molecule is Cc1ccc(C(F)(F)F)[n+]([O-])c1C. The van der Waals surface area contributed by atoms with Crippen LogP contribution in [0.15, 0.2) is 12.1 Å². The van der Waals surface area contributed by atoms with Crippen LogP contribution in [0, 0.1) is 19.1 Å². The van der Waals surface area contributed by atoms with E-state index in [-0.39, 0.29) is 10.4 Å². The first-order valence-corrected chi connectivity index (χ1v) is 3.61. The van der Waals surface area contributed by atoms with Gasteiger partial charge in [0, 0.05) is 18.6 Å². The van der Waals surface area contributed by atoms with Gasteiger partial charge in [-0.3, -0.25) is 0 Å². The normalized spacial score (nSPS) is 11.8. The van der Waals surface area contributed by atoms with Gasteiger partial charge < -0.3 is 5.21 Å². The van der Waals surface area contributed by atoms with E-state index in [1.807, 2.05) is 0 Å². The Morgan fingerprint density at radius 3 is 2.23 bits per heavy atom. The van der Waals surface area contributed by atoms with Crippen LogP contribution in [0.5, 0.6) is 0 Å². The minimum absolute atomic E-state index is 0.0785. The van der Waals surface area contributed by atoms with Gasteiger partial charge in [0.25, 0.3) is 5.69 Å². The van der Waals surface area contributed by atoms with Crippen LogP contribution >= 0.6 is 0 Å². The van der Waals surface area contributed by atoms with Crippen LogP contribution in [0.1, 0.15) is 17.0 Å². The van der Waals surface area contributed by atoms with Crippen LogP contribution < -0.4 is 4.73 Å². The van der Waals surface area contributed by atoms with E-state index in [1.54, 1.807) is 6.92 Å². The van der Waals surface area contributed by atoms with Crippen LogP contribution in [0.3, 0.4) is 0 Å². The molecule has 0 aliphatic heterocycles. The lowest BCUT2D eigenvalue weighted by Crippen LogP contribution is -2.40. The second-order valence-electron chi connectivity index (χ2n) is 2.78. The lowest BCUT2D eigenvalue weighted by atomic mass is 10.2. The van der Waals surface area contributed by atoms with Crippen LogP contribution in [0.4, 0.5) is 13.2 Å². The molecular formula is C8H8F3NO. The average Bonchev–Trinajstić information content (AvgIpc) is 1.98. The Morgan fingerprint density at radius 2 is 1.77 bits per heavy atom. The third-order valence-electron chi connectivity index (χ3n) is 1.88. The Morgan fingerprint density at radius 1 is 1.23 bits per heavy atom. The summed E-state index contributed by atoms with van der Waals surface area (Å²) in [6.07, 6.45) is -4.58. The van der Waals surface area contributed by atoms with Gasteiger partial charge in [0.15, 0.2) is 5.69 Å². The number of nitrogens with zero attached hydrogens (tertiary/aromatic N) is 1. The second-order valence-corrected chi connectivity index (χ2v) is 2.78. The molecule has 1 heterocycles. The van der Waals surface area contributed by atoms with Gasteiger partial charge in [-0.1, -0.05) is 0 Å². The number of rotatable bonds is 0. The molecule has 0 aliphatic carbocycles. The Hall–Kier alpha value is -1.26. The van der Waals surface area contributed by atoms with Gasteiger partial charge in [-0.25, -0.2) is 0 Å². The summed E-state index contributed by atoms with van der Waals surface area (Å²) in [6, 6.07) is 2.07. The molecule has 5 heteroatoms. The number of halogens is 3. The number of alkyl halides is 3. The van der Waals surface area contributed by atoms with Crippen molar-refractivity contribution in [3.8, 4) is 0 Å². The molecule has 0 aliphatic rings. The van der Waals surface area contributed by atoms with E-state index >= 15 is 0 Å². The largest absolute Gasteiger partial charge is 0.618 e. The summed E-state index contributed by atoms with van der Waals surface area (Å²) in [5.74, 6) is 0. The highest BCUT2D eigenvalue weighted by Crippen LogP contribution is 2.26. The van der Waals surface area contributed by atoms with Gasteiger partial charge in [0.2, 0.25) is 0 Å². The summed E-state index contributed by atoms with van der Waals surface area (Å²) in [5, 5.41) is 11.0. The van der Waals surface area contributed by atoms with Gasteiger partial charge in [-0.2, -0.15) is 17.9 Å². The molecule has 1 aromatic rings. The van der Waals surface area contributed by atoms with Crippen LogP contribution in [0.25, 0.3) is 0 Å². The monoisotopic (exact) mass is 191 g/mol. The molecule has 2 nitrogen and oxygen atoms in total. The molecule has 0 unspecified atom stereocenters. The highest BCUT2D eigenvalue weighted by atomic mass is 19.4. The number of hydrogen-bond donors (Lipinski definition) is 0. The highest BCUT2D eigenvalue weighted by molar-refractivity contribution is 5.16. The maximum absolute atomic E-state index is 12.1. The first-order valence-electron chi connectivity index (χ1n) is 3.61. The fraction of sp³-hybridized carbons (Fsp3) is 0.375. The average molecular weight is 191 g/mol. The van der Waals surface area contributed by atoms with Crippen LogP contribution in [-0.2, 0) is 6.18 Å². The van der Waals surface area contributed by atoms with Crippen molar-refractivity contribution in [2.45, 2.75) is 20.0 Å². The van der Waals surface area contributed by atoms with Gasteiger partial charge in [-0.05, 0) is 13.0 Å². The second kappa shape index (κ2) is 2.90. The third-order valence-corrected chi connectivity index (χ3v) is 1.88. The summed E-state index contributed by atoms with van der Waals surface area (Å²) in [4.78, 5) is 0. The standard InChI is InChI=1S/C8H8F3NO/c1-5-3-4-7(8(9,10)11)12(13)6(5)2/h3-4H,1-2H3. The van der Waals surface area contributed by atoms with Crippen molar-refractivity contribution in [3.05, 3.63) is 34.3 Å². The molecular weight excluding hydrogens is 183 g/mol. The van der Waals surface area contributed by atoms with Crippen molar-refractivity contribution in [2.75, 3.05) is 0 Å². The fourth-order valence-electron chi connectivity index (χ4n) is 0.943. The molecule has 0 radical (unpaired) electrons. The van der Waals surface area contributed by atoms with Crippen molar-refractivity contribution < 1.29 is 17.9 Å². The van der Waals surface area contributed by atoms with Crippen molar-refractivity contribution >= 4 is 0 Å². The van der Waals surface area contributed by atoms with Gasteiger partial charge in [0.1, 0.15) is 0 Å². The summed E-state index contributed by atoms with van der Waals surface area (Å²) < 4.78 is 36.3. The zero-order valence-electron chi connectivity index (χ0n) is 7.14. The Balaban J connectivity index is 3.35. The van der Waals surface area contributed by atoms with Gasteiger partial charge >= 0.3 is 6.18 Å². The smallest absolute Gasteiger partial charge is 0.478 e. The molecule has 0 spiro atoms. The number of hydrogen-bond acceptors (Lipinski definition) is 1. The van der Waals surface area contributed by atoms with Crippen molar-refractivity contribution in [1.82, 2.24) is 0 Å². The minimum atomic E-state index is -4.58. The van der Waals surface area contributed by atoms with Gasteiger partial charge in [-0.15, -0.1) is 0 Å². The molecule has 0 saturated heterocycles. The topological polar surface area (TPSA) is 26.9 Å². The van der Waals surface area contributed by atoms with E-state index in [9.17, 15) is 18.4 Å². The van der Waals surface area contributed by atoms with E-state index in [0.717, 1.165) is 6.07 Å². The minimum Gasteiger partial charge on any atom is -0.618 e. The number of pyridine rings is 1. The number of aromatic nitrogens is 1. The van der Waals surface area contributed by atoms with E-state index < -0.39 is 11.9 Å². The van der Waals surface area contributed by atoms with E-state index in [1.165, 1.54) is 13.0 Å². The lowest BCUT2D eigenvalue weighted by molar-refractivity contribution is -0.635. The highest BCUT2D eigenvalue weighted by Gasteiger charge is 2.40. The molecule has 0 saturated carbocycles. The molecule has 0 bridgehead atoms. The molecule has 0 amide bonds. The number of aryl methyl sites for hydroxylation is 1. The maximum atomic E-state index is 12.1. The Kier molecular flexibility index (Phi) is 2.19. The van der Waals surface area contributed by atoms with E-state index in [4.69, 9.17) is 0 Å². The Bertz CT molecular complexity index is 333. The van der Waals surface area contributed by atoms with Crippen molar-refractivity contribution in [3.63, 3.8) is 0 Å². The third kappa shape index (κ3) is 1.74. The maximum Gasteiger partial charge on any atom is 0.478 e. The molecule has 0 fully saturated rings. The van der Waals surface area contributed by atoms with E-state index in [2.05, 4.69) is 0 Å². The predicted octanol–water partition coefficient (Wildman–Crippen LogP) is 1.96.